The first-order valence-corrected chi connectivity index (χ1v) is 8.02. The summed E-state index contributed by atoms with van der Waals surface area (Å²) < 4.78 is 0. The molecule has 0 aromatic heterocycles. The van der Waals surface area contributed by atoms with E-state index in [-0.39, 0.29) is 0 Å². The smallest absolute Gasteiger partial charge is 0.323 e. The van der Waals surface area contributed by atoms with E-state index in [0.717, 1.165) is 32.2 Å². The summed E-state index contributed by atoms with van der Waals surface area (Å²) in [4.78, 5) is 13.7. The van der Waals surface area contributed by atoms with Gasteiger partial charge in [0.25, 0.3) is 0 Å². The van der Waals surface area contributed by atoms with E-state index in [4.69, 9.17) is 0 Å². The molecule has 1 aliphatic carbocycles. The molecule has 1 aromatic rings. The Bertz CT molecular complexity index is 461. The minimum absolute atomic E-state index is 0.390. The fraction of sp³-hybridized carbons (Fsp3) is 0.611. The number of nitrogens with zero attached hydrogens (tertiary/aromatic N) is 1. The summed E-state index contributed by atoms with van der Waals surface area (Å²) in [7, 11) is 0. The van der Waals surface area contributed by atoms with Gasteiger partial charge in [-0.1, -0.05) is 37.3 Å². The van der Waals surface area contributed by atoms with E-state index in [9.17, 15) is 9.90 Å². The van der Waals surface area contributed by atoms with Crippen LogP contribution in [0.3, 0.4) is 0 Å². The monoisotopic (exact) mass is 289 g/mol. The molecular weight excluding hydrogens is 262 g/mol. The normalized spacial score (nSPS) is 23.2. The Kier molecular flexibility index (Phi) is 5.04. The molecule has 0 radical (unpaired) electrons. The van der Waals surface area contributed by atoms with Crippen LogP contribution in [0.25, 0.3) is 0 Å². The maximum Gasteiger partial charge on any atom is 0.323 e. The van der Waals surface area contributed by atoms with Gasteiger partial charge in [0, 0.05) is 6.04 Å². The number of hydrogen-bond donors (Lipinski definition) is 1. The fourth-order valence-electron chi connectivity index (χ4n) is 3.68. The van der Waals surface area contributed by atoms with Crippen molar-refractivity contribution in [3.05, 3.63) is 35.9 Å². The predicted molar refractivity (Wildman–Crippen MR) is 85.5 cm³/mol. The molecule has 1 aliphatic rings. The third kappa shape index (κ3) is 3.46. The van der Waals surface area contributed by atoms with Crippen molar-refractivity contribution in [2.45, 2.75) is 64.0 Å². The molecule has 3 heteroatoms. The first kappa shape index (κ1) is 16.0. The molecule has 1 saturated carbocycles. The van der Waals surface area contributed by atoms with E-state index in [1.807, 2.05) is 13.8 Å². The number of benzene rings is 1. The van der Waals surface area contributed by atoms with E-state index in [2.05, 4.69) is 42.2 Å². The molecule has 1 fully saturated rings. The molecule has 0 atom stereocenters. The molecule has 21 heavy (non-hydrogen) atoms. The number of carbonyl (C=O) groups is 1. The first-order chi connectivity index (χ1) is 9.96. The Hall–Kier alpha value is -1.35. The highest BCUT2D eigenvalue weighted by Gasteiger charge is 2.39. The molecule has 1 N–H and O–H groups in total. The van der Waals surface area contributed by atoms with Gasteiger partial charge >= 0.3 is 5.97 Å². The maximum absolute atomic E-state index is 11.5. The predicted octanol–water partition coefficient (Wildman–Crippen LogP) is 3.90. The highest BCUT2D eigenvalue weighted by molar-refractivity contribution is 5.77. The van der Waals surface area contributed by atoms with Crippen molar-refractivity contribution < 1.29 is 9.90 Å². The van der Waals surface area contributed by atoms with Crippen LogP contribution >= 0.6 is 0 Å². The Labute approximate surface area is 128 Å². The zero-order valence-electron chi connectivity index (χ0n) is 13.4. The second-order valence-electron chi connectivity index (χ2n) is 6.57. The van der Waals surface area contributed by atoms with Gasteiger partial charge in [0.05, 0.1) is 0 Å². The van der Waals surface area contributed by atoms with Gasteiger partial charge in [0.1, 0.15) is 5.54 Å². The summed E-state index contributed by atoms with van der Waals surface area (Å²) >= 11 is 0. The molecule has 0 aliphatic heterocycles. The summed E-state index contributed by atoms with van der Waals surface area (Å²) in [5.74, 6) is -0.0939. The molecule has 0 bridgehead atoms. The van der Waals surface area contributed by atoms with Crippen molar-refractivity contribution in [2.24, 2.45) is 0 Å². The van der Waals surface area contributed by atoms with Crippen molar-refractivity contribution in [3.63, 3.8) is 0 Å². The summed E-state index contributed by atoms with van der Waals surface area (Å²) in [5.41, 5.74) is 0.649. The molecule has 1 aromatic carbocycles. The average molecular weight is 289 g/mol. The van der Waals surface area contributed by atoms with E-state index < -0.39 is 11.5 Å². The van der Waals surface area contributed by atoms with Gasteiger partial charge in [0.2, 0.25) is 0 Å². The molecule has 0 spiro atoms. The lowest BCUT2D eigenvalue weighted by Gasteiger charge is -2.43. The van der Waals surface area contributed by atoms with Crippen molar-refractivity contribution in [1.29, 1.82) is 0 Å². The van der Waals surface area contributed by atoms with Crippen molar-refractivity contribution >= 4 is 5.97 Å². The van der Waals surface area contributed by atoms with Crippen LogP contribution < -0.4 is 0 Å². The number of aliphatic carboxylic acids is 1. The summed E-state index contributed by atoms with van der Waals surface area (Å²) in [6.07, 6.45) is 4.48. The van der Waals surface area contributed by atoms with Crippen LogP contribution in [0.15, 0.2) is 30.3 Å². The largest absolute Gasteiger partial charge is 0.480 e. The topological polar surface area (TPSA) is 40.5 Å². The Morgan fingerprint density at radius 2 is 1.76 bits per heavy atom. The van der Waals surface area contributed by atoms with Gasteiger partial charge in [-0.05, 0) is 57.6 Å². The maximum atomic E-state index is 11.5. The summed E-state index contributed by atoms with van der Waals surface area (Å²) in [6.45, 7) is 6.50. The molecule has 0 saturated heterocycles. The van der Waals surface area contributed by atoms with Crippen molar-refractivity contribution in [3.8, 4) is 0 Å². The van der Waals surface area contributed by atoms with E-state index in [1.165, 1.54) is 5.56 Å². The van der Waals surface area contributed by atoms with Crippen LogP contribution in [0.2, 0.25) is 0 Å². The third-order valence-electron chi connectivity index (χ3n) is 4.99. The minimum atomic E-state index is -0.779. The standard InChI is InChI=1S/C18H27NO2/c1-4-19(18(2,3)17(20)21)16-12-10-15(11-13-16)14-8-6-5-7-9-14/h5-9,15-16H,4,10-13H2,1-3H3,(H,20,21). The van der Waals surface area contributed by atoms with E-state index in [0.29, 0.717) is 12.0 Å². The number of likely N-dealkylation sites (N-methyl/N-ethyl adjacent to an activating group) is 1. The molecule has 116 valence electrons. The molecule has 3 nitrogen and oxygen atoms in total. The molecule has 0 amide bonds. The first-order valence-electron chi connectivity index (χ1n) is 8.02. The van der Waals surface area contributed by atoms with Crippen LogP contribution in [-0.2, 0) is 4.79 Å². The molecule has 2 rings (SSSR count). The zero-order valence-corrected chi connectivity index (χ0v) is 13.4. The molecule has 0 heterocycles. The Morgan fingerprint density at radius 1 is 1.19 bits per heavy atom. The number of hydrogen-bond acceptors (Lipinski definition) is 2. The van der Waals surface area contributed by atoms with Crippen LogP contribution in [0, 0.1) is 0 Å². The van der Waals surface area contributed by atoms with E-state index in [1.54, 1.807) is 0 Å². The van der Waals surface area contributed by atoms with Gasteiger partial charge in [-0.25, -0.2) is 0 Å². The van der Waals surface area contributed by atoms with Gasteiger partial charge in [-0.15, -0.1) is 0 Å². The lowest BCUT2D eigenvalue weighted by atomic mass is 9.80. The van der Waals surface area contributed by atoms with Gasteiger partial charge in [0.15, 0.2) is 0 Å². The molecule has 0 unspecified atom stereocenters. The second-order valence-corrected chi connectivity index (χ2v) is 6.57. The lowest BCUT2D eigenvalue weighted by Crippen LogP contribution is -2.55. The number of carboxylic acids is 1. The minimum Gasteiger partial charge on any atom is -0.480 e. The van der Waals surface area contributed by atoms with Gasteiger partial charge < -0.3 is 5.11 Å². The lowest BCUT2D eigenvalue weighted by molar-refractivity contribution is -0.151. The van der Waals surface area contributed by atoms with Crippen LogP contribution in [0.4, 0.5) is 0 Å². The SMILES string of the molecule is CCN(C1CCC(c2ccccc2)CC1)C(C)(C)C(=O)O. The van der Waals surface area contributed by atoms with Crippen LogP contribution in [0.1, 0.15) is 57.9 Å². The van der Waals surface area contributed by atoms with Gasteiger partial charge in [-0.3, -0.25) is 9.69 Å². The number of rotatable bonds is 5. The second kappa shape index (κ2) is 6.61. The highest BCUT2D eigenvalue weighted by atomic mass is 16.4. The van der Waals surface area contributed by atoms with Crippen molar-refractivity contribution in [2.75, 3.05) is 6.54 Å². The third-order valence-corrected chi connectivity index (χ3v) is 4.99. The Balaban J connectivity index is 2.01. The summed E-state index contributed by atoms with van der Waals surface area (Å²) in [6, 6.07) is 11.1. The quantitative estimate of drug-likeness (QED) is 0.893. The van der Waals surface area contributed by atoms with Crippen LogP contribution in [0.5, 0.6) is 0 Å². The fourth-order valence-corrected chi connectivity index (χ4v) is 3.68. The van der Waals surface area contributed by atoms with Gasteiger partial charge in [-0.2, -0.15) is 0 Å². The zero-order chi connectivity index (χ0) is 15.5. The Morgan fingerprint density at radius 3 is 2.24 bits per heavy atom. The van der Waals surface area contributed by atoms with Crippen LogP contribution in [-0.4, -0.2) is 34.1 Å². The highest BCUT2D eigenvalue weighted by Crippen LogP contribution is 2.36. The molecular formula is C18H27NO2. The van der Waals surface area contributed by atoms with Crippen molar-refractivity contribution in [1.82, 2.24) is 4.90 Å². The number of carboxylic acid groups (broad SMARTS) is 1. The van der Waals surface area contributed by atoms with E-state index >= 15 is 0 Å². The average Bonchev–Trinajstić information content (AvgIpc) is 2.49. The summed E-state index contributed by atoms with van der Waals surface area (Å²) in [5, 5.41) is 9.46.